The van der Waals surface area contributed by atoms with Crippen molar-refractivity contribution >= 4 is 8.24 Å². The Kier molecular flexibility index (Phi) is 5.27. The maximum atomic E-state index is 5.21. The Morgan fingerprint density at radius 2 is 1.64 bits per heavy atom. The van der Waals surface area contributed by atoms with Crippen LogP contribution in [0, 0.1) is 12.3 Å². The third-order valence-electron chi connectivity index (χ3n) is 2.60. The van der Waals surface area contributed by atoms with Crippen LogP contribution in [0.2, 0.25) is 18.1 Å². The highest BCUT2D eigenvalue weighted by Gasteiger charge is 2.25. The molecule has 1 nitrogen and oxygen atoms in total. The van der Waals surface area contributed by atoms with Gasteiger partial charge < -0.3 is 4.98 Å². The van der Waals surface area contributed by atoms with Crippen molar-refractivity contribution in [2.24, 2.45) is 0 Å². The van der Waals surface area contributed by atoms with Crippen molar-refractivity contribution in [3.8, 4) is 12.3 Å². The number of nitrogens with one attached hydrogen (secondary N) is 1. The molecule has 0 aromatic carbocycles. The topological polar surface area (TPSA) is 12.0 Å². The van der Waals surface area contributed by atoms with E-state index >= 15 is 0 Å². The molecule has 0 atom stereocenters. The van der Waals surface area contributed by atoms with Crippen LogP contribution >= 0.6 is 0 Å². The average Bonchev–Trinajstić information content (AvgIpc) is 2.08. The SMILES string of the molecule is C#CCN[Si](CC)(CC)CC. The minimum Gasteiger partial charge on any atom is -0.327 e. The van der Waals surface area contributed by atoms with Gasteiger partial charge in [-0.1, -0.05) is 26.7 Å². The summed E-state index contributed by atoms with van der Waals surface area (Å²) >= 11 is 0. The molecule has 0 spiro atoms. The second-order valence-corrected chi connectivity index (χ2v) is 7.93. The number of hydrogen-bond donors (Lipinski definition) is 1. The first-order valence-electron chi connectivity index (χ1n) is 4.43. The van der Waals surface area contributed by atoms with Crippen molar-refractivity contribution in [3.05, 3.63) is 0 Å². The van der Waals surface area contributed by atoms with E-state index in [1.807, 2.05) is 0 Å². The number of hydrogen-bond acceptors (Lipinski definition) is 1. The third kappa shape index (κ3) is 3.09. The highest BCUT2D eigenvalue weighted by Crippen LogP contribution is 2.15. The fourth-order valence-corrected chi connectivity index (χ4v) is 4.09. The van der Waals surface area contributed by atoms with E-state index in [0.717, 1.165) is 6.54 Å². The minimum absolute atomic E-state index is 0.752. The van der Waals surface area contributed by atoms with Crippen LogP contribution in [0.3, 0.4) is 0 Å². The van der Waals surface area contributed by atoms with Crippen LogP contribution in [0.15, 0.2) is 0 Å². The van der Waals surface area contributed by atoms with Gasteiger partial charge in [-0.15, -0.1) is 6.42 Å². The Morgan fingerprint density at radius 3 is 1.91 bits per heavy atom. The van der Waals surface area contributed by atoms with Gasteiger partial charge in [-0.2, -0.15) is 0 Å². The van der Waals surface area contributed by atoms with Crippen molar-refractivity contribution in [2.45, 2.75) is 38.9 Å². The highest BCUT2D eigenvalue weighted by molar-refractivity contribution is 6.77. The van der Waals surface area contributed by atoms with Gasteiger partial charge in [-0.05, 0) is 18.1 Å². The van der Waals surface area contributed by atoms with Crippen LogP contribution < -0.4 is 4.98 Å². The molecule has 2 heteroatoms. The smallest absolute Gasteiger partial charge is 0.125 e. The van der Waals surface area contributed by atoms with Crippen molar-refractivity contribution in [3.63, 3.8) is 0 Å². The van der Waals surface area contributed by atoms with Gasteiger partial charge in [-0.3, -0.25) is 0 Å². The second kappa shape index (κ2) is 5.40. The molecule has 0 saturated heterocycles. The van der Waals surface area contributed by atoms with E-state index in [-0.39, 0.29) is 0 Å². The zero-order valence-corrected chi connectivity index (χ0v) is 8.91. The summed E-state index contributed by atoms with van der Waals surface area (Å²) in [5.74, 6) is 2.65. The van der Waals surface area contributed by atoms with Crippen LogP contribution in [-0.4, -0.2) is 14.8 Å². The van der Waals surface area contributed by atoms with Crippen molar-refractivity contribution < 1.29 is 0 Å². The molecule has 0 unspecified atom stereocenters. The normalized spacial score (nSPS) is 11.1. The van der Waals surface area contributed by atoms with Crippen LogP contribution in [-0.2, 0) is 0 Å². The molecule has 0 radical (unpaired) electrons. The molecule has 0 amide bonds. The first-order valence-corrected chi connectivity index (χ1v) is 7.05. The quantitative estimate of drug-likeness (QED) is 0.491. The van der Waals surface area contributed by atoms with E-state index in [4.69, 9.17) is 6.42 Å². The lowest BCUT2D eigenvalue weighted by Crippen LogP contribution is -2.48. The molecule has 0 aromatic rings. The fraction of sp³-hybridized carbons (Fsp3) is 0.778. The molecule has 64 valence electrons. The Labute approximate surface area is 71.7 Å². The van der Waals surface area contributed by atoms with Gasteiger partial charge in [0, 0.05) is 0 Å². The fourth-order valence-electron chi connectivity index (χ4n) is 1.36. The first-order chi connectivity index (χ1) is 5.24. The molecule has 1 N–H and O–H groups in total. The second-order valence-electron chi connectivity index (χ2n) is 2.90. The summed E-state index contributed by atoms with van der Waals surface area (Å²) in [5.41, 5.74) is 0. The van der Waals surface area contributed by atoms with Gasteiger partial charge in [0.1, 0.15) is 8.24 Å². The summed E-state index contributed by atoms with van der Waals surface area (Å²) < 4.78 is 0. The molecular weight excluding hydrogens is 150 g/mol. The number of rotatable bonds is 5. The Bertz CT molecular complexity index is 125. The molecular formula is C9H19NSi. The standard InChI is InChI=1S/C9H19NSi/c1-5-9-10-11(6-2,7-3)8-4/h1,10H,6-9H2,2-4H3. The van der Waals surface area contributed by atoms with Crippen LogP contribution in [0.25, 0.3) is 0 Å². The predicted octanol–water partition coefficient (Wildman–Crippen LogP) is 2.21. The molecule has 0 bridgehead atoms. The minimum atomic E-state index is -1.13. The maximum absolute atomic E-state index is 5.21. The van der Waals surface area contributed by atoms with E-state index in [1.54, 1.807) is 0 Å². The van der Waals surface area contributed by atoms with Gasteiger partial charge in [-0.25, -0.2) is 0 Å². The van der Waals surface area contributed by atoms with Crippen LogP contribution in [0.1, 0.15) is 20.8 Å². The van der Waals surface area contributed by atoms with Gasteiger partial charge in [0.2, 0.25) is 0 Å². The Morgan fingerprint density at radius 1 is 1.18 bits per heavy atom. The summed E-state index contributed by atoms with van der Waals surface area (Å²) in [7, 11) is -1.13. The van der Waals surface area contributed by atoms with Crippen molar-refractivity contribution in [1.82, 2.24) is 4.98 Å². The summed E-state index contributed by atoms with van der Waals surface area (Å²) in [5, 5.41) is 0. The van der Waals surface area contributed by atoms with Crippen LogP contribution in [0.4, 0.5) is 0 Å². The molecule has 0 saturated carbocycles. The van der Waals surface area contributed by atoms with Gasteiger partial charge in [0.25, 0.3) is 0 Å². The monoisotopic (exact) mass is 169 g/mol. The Hall–Kier alpha value is -0.263. The van der Waals surface area contributed by atoms with Crippen molar-refractivity contribution in [2.75, 3.05) is 6.54 Å². The molecule has 0 fully saturated rings. The number of terminal acetylenes is 1. The molecule has 0 aromatic heterocycles. The first kappa shape index (κ1) is 10.7. The van der Waals surface area contributed by atoms with E-state index in [1.165, 1.54) is 18.1 Å². The van der Waals surface area contributed by atoms with E-state index in [0.29, 0.717) is 0 Å². The molecule has 11 heavy (non-hydrogen) atoms. The summed E-state index contributed by atoms with van der Waals surface area (Å²) in [6.45, 7) is 7.55. The lowest BCUT2D eigenvalue weighted by molar-refractivity contribution is 0.970. The summed E-state index contributed by atoms with van der Waals surface area (Å²) in [6, 6.07) is 3.88. The van der Waals surface area contributed by atoms with E-state index in [2.05, 4.69) is 31.7 Å². The molecule has 0 aliphatic rings. The predicted molar refractivity (Wildman–Crippen MR) is 54.0 cm³/mol. The molecule has 0 aliphatic carbocycles. The van der Waals surface area contributed by atoms with Gasteiger partial charge >= 0.3 is 0 Å². The lowest BCUT2D eigenvalue weighted by Gasteiger charge is -2.27. The Balaban J connectivity index is 3.96. The van der Waals surface area contributed by atoms with E-state index in [9.17, 15) is 0 Å². The highest BCUT2D eigenvalue weighted by atomic mass is 28.3. The molecule has 0 rings (SSSR count). The average molecular weight is 169 g/mol. The van der Waals surface area contributed by atoms with Crippen molar-refractivity contribution in [1.29, 1.82) is 0 Å². The van der Waals surface area contributed by atoms with Gasteiger partial charge in [0.15, 0.2) is 0 Å². The maximum Gasteiger partial charge on any atom is 0.125 e. The largest absolute Gasteiger partial charge is 0.327 e. The van der Waals surface area contributed by atoms with Crippen LogP contribution in [0.5, 0.6) is 0 Å². The lowest BCUT2D eigenvalue weighted by atomic mass is 10.7. The molecule has 0 aliphatic heterocycles. The summed E-state index contributed by atoms with van der Waals surface area (Å²) in [6.07, 6.45) is 5.21. The zero-order valence-electron chi connectivity index (χ0n) is 7.91. The summed E-state index contributed by atoms with van der Waals surface area (Å²) in [4.78, 5) is 3.53. The zero-order chi connectivity index (χ0) is 8.74. The van der Waals surface area contributed by atoms with Gasteiger partial charge in [0.05, 0.1) is 6.54 Å². The third-order valence-corrected chi connectivity index (χ3v) is 7.58. The van der Waals surface area contributed by atoms with E-state index < -0.39 is 8.24 Å². The molecule has 0 heterocycles.